The highest BCUT2D eigenvalue weighted by molar-refractivity contribution is 5.90. The van der Waals surface area contributed by atoms with Crippen molar-refractivity contribution >= 4 is 22.6 Å². The third-order valence-electron chi connectivity index (χ3n) is 2.50. The average molecular weight is 245 g/mol. The molecule has 2 rings (SSSR count). The van der Waals surface area contributed by atoms with E-state index in [4.69, 9.17) is 4.74 Å². The smallest absolute Gasteiger partial charge is 0.307 e. The molecule has 0 atom stereocenters. The summed E-state index contributed by atoms with van der Waals surface area (Å²) in [5, 5.41) is 13.1. The number of esters is 1. The summed E-state index contributed by atoms with van der Waals surface area (Å²) < 4.78 is 4.85. The first kappa shape index (κ1) is 12.3. The Morgan fingerprint density at radius 1 is 1.39 bits per heavy atom. The molecule has 0 bridgehead atoms. The van der Waals surface area contributed by atoms with Gasteiger partial charge in [0.1, 0.15) is 0 Å². The van der Waals surface area contributed by atoms with Crippen LogP contribution < -0.4 is 5.32 Å². The van der Waals surface area contributed by atoms with E-state index in [-0.39, 0.29) is 5.97 Å². The largest absolute Gasteiger partial charge is 0.466 e. The first-order chi connectivity index (χ1) is 8.81. The molecule has 5 nitrogen and oxygen atoms in total. The maximum Gasteiger partial charge on any atom is 0.307 e. The summed E-state index contributed by atoms with van der Waals surface area (Å²) in [7, 11) is 0. The number of nitrogens with zero attached hydrogens (tertiary/aromatic N) is 2. The highest BCUT2D eigenvalue weighted by Crippen LogP contribution is 2.18. The molecule has 1 N–H and O–H groups in total. The Kier molecular flexibility index (Phi) is 4.06. The second-order valence-corrected chi connectivity index (χ2v) is 3.76. The van der Waals surface area contributed by atoms with E-state index in [0.717, 1.165) is 10.8 Å². The van der Waals surface area contributed by atoms with Crippen LogP contribution in [0.25, 0.3) is 10.8 Å². The van der Waals surface area contributed by atoms with Crippen molar-refractivity contribution in [1.82, 2.24) is 10.2 Å². The standard InChI is InChI=1S/C13H15N3O2/c1-2-18-12(17)7-8-14-13-11-6-4-3-5-10(11)9-15-16-13/h3-6,9H,2,7-8H2,1H3,(H,14,16). The summed E-state index contributed by atoms with van der Waals surface area (Å²) in [6.07, 6.45) is 2.03. The predicted octanol–water partition coefficient (Wildman–Crippen LogP) is 1.99. The molecule has 18 heavy (non-hydrogen) atoms. The van der Waals surface area contributed by atoms with Gasteiger partial charge in [-0.1, -0.05) is 24.3 Å². The van der Waals surface area contributed by atoms with Crippen LogP contribution in [0.5, 0.6) is 0 Å². The van der Waals surface area contributed by atoms with E-state index in [2.05, 4.69) is 15.5 Å². The molecule has 0 aliphatic carbocycles. The number of hydrogen-bond acceptors (Lipinski definition) is 5. The van der Waals surface area contributed by atoms with Crippen LogP contribution in [-0.2, 0) is 9.53 Å². The maximum absolute atomic E-state index is 11.2. The Balaban J connectivity index is 2.01. The molecule has 0 spiro atoms. The zero-order valence-electron chi connectivity index (χ0n) is 10.2. The summed E-state index contributed by atoms with van der Waals surface area (Å²) >= 11 is 0. The van der Waals surface area contributed by atoms with Gasteiger partial charge >= 0.3 is 5.97 Å². The fourth-order valence-electron chi connectivity index (χ4n) is 1.67. The van der Waals surface area contributed by atoms with E-state index in [9.17, 15) is 4.79 Å². The van der Waals surface area contributed by atoms with Gasteiger partial charge in [-0.25, -0.2) is 0 Å². The van der Waals surface area contributed by atoms with Gasteiger partial charge < -0.3 is 10.1 Å². The Bertz CT molecular complexity index is 537. The Hall–Kier alpha value is -2.17. The zero-order valence-corrected chi connectivity index (χ0v) is 10.2. The third kappa shape index (κ3) is 2.94. The molecule has 0 aliphatic rings. The van der Waals surface area contributed by atoms with Gasteiger partial charge in [-0.3, -0.25) is 4.79 Å². The Morgan fingerprint density at radius 3 is 3.06 bits per heavy atom. The van der Waals surface area contributed by atoms with Crippen molar-refractivity contribution in [1.29, 1.82) is 0 Å². The van der Waals surface area contributed by atoms with Gasteiger partial charge in [0.2, 0.25) is 0 Å². The molecule has 0 unspecified atom stereocenters. The Morgan fingerprint density at radius 2 is 2.22 bits per heavy atom. The van der Waals surface area contributed by atoms with E-state index in [1.54, 1.807) is 13.1 Å². The van der Waals surface area contributed by atoms with E-state index < -0.39 is 0 Å². The number of nitrogens with one attached hydrogen (secondary N) is 1. The number of ether oxygens (including phenoxy) is 1. The van der Waals surface area contributed by atoms with Crippen molar-refractivity contribution in [3.63, 3.8) is 0 Å². The van der Waals surface area contributed by atoms with Crippen LogP contribution in [-0.4, -0.2) is 29.3 Å². The van der Waals surface area contributed by atoms with Crippen LogP contribution in [0, 0.1) is 0 Å². The third-order valence-corrected chi connectivity index (χ3v) is 2.50. The van der Waals surface area contributed by atoms with Crippen LogP contribution >= 0.6 is 0 Å². The van der Waals surface area contributed by atoms with E-state index in [1.165, 1.54) is 0 Å². The SMILES string of the molecule is CCOC(=O)CCNc1nncc2ccccc12. The summed E-state index contributed by atoms with van der Waals surface area (Å²) in [4.78, 5) is 11.2. The highest BCUT2D eigenvalue weighted by Gasteiger charge is 2.04. The number of carbonyl (C=O) groups excluding carboxylic acids is 1. The van der Waals surface area contributed by atoms with Crippen molar-refractivity contribution in [3.05, 3.63) is 30.5 Å². The molecule has 2 aromatic rings. The quantitative estimate of drug-likeness (QED) is 0.816. The van der Waals surface area contributed by atoms with Crippen molar-refractivity contribution in [3.8, 4) is 0 Å². The lowest BCUT2D eigenvalue weighted by Gasteiger charge is -2.07. The number of benzene rings is 1. The van der Waals surface area contributed by atoms with Gasteiger partial charge in [-0.05, 0) is 6.92 Å². The normalized spacial score (nSPS) is 10.3. The fraction of sp³-hybridized carbons (Fsp3) is 0.308. The van der Waals surface area contributed by atoms with Gasteiger partial charge in [0, 0.05) is 17.3 Å². The molecule has 5 heteroatoms. The molecule has 0 saturated heterocycles. The number of carbonyl (C=O) groups is 1. The molecule has 1 aromatic carbocycles. The number of aromatic nitrogens is 2. The number of anilines is 1. The van der Waals surface area contributed by atoms with Gasteiger partial charge in [-0.15, -0.1) is 5.10 Å². The fourth-order valence-corrected chi connectivity index (χ4v) is 1.67. The van der Waals surface area contributed by atoms with Gasteiger partial charge in [0.15, 0.2) is 5.82 Å². The second kappa shape index (κ2) is 5.95. The molecular formula is C13H15N3O2. The molecule has 0 amide bonds. The summed E-state index contributed by atoms with van der Waals surface area (Å²) in [5.41, 5.74) is 0. The van der Waals surface area contributed by atoms with E-state index in [1.807, 2.05) is 24.3 Å². The van der Waals surface area contributed by atoms with Crippen molar-refractivity contribution < 1.29 is 9.53 Å². The summed E-state index contributed by atoms with van der Waals surface area (Å²) in [6.45, 7) is 2.69. The van der Waals surface area contributed by atoms with E-state index in [0.29, 0.717) is 25.4 Å². The lowest BCUT2D eigenvalue weighted by Crippen LogP contribution is -2.12. The summed E-state index contributed by atoms with van der Waals surface area (Å²) in [5.74, 6) is 0.482. The van der Waals surface area contributed by atoms with Crippen LogP contribution in [0.4, 0.5) is 5.82 Å². The topological polar surface area (TPSA) is 64.1 Å². The van der Waals surface area contributed by atoms with Crippen LogP contribution in [0.1, 0.15) is 13.3 Å². The minimum Gasteiger partial charge on any atom is -0.466 e. The van der Waals surface area contributed by atoms with Gasteiger partial charge in [0.05, 0.1) is 19.2 Å². The van der Waals surface area contributed by atoms with Crippen LogP contribution in [0.2, 0.25) is 0 Å². The molecule has 0 fully saturated rings. The minimum absolute atomic E-state index is 0.210. The molecule has 0 radical (unpaired) electrons. The monoisotopic (exact) mass is 245 g/mol. The van der Waals surface area contributed by atoms with E-state index >= 15 is 0 Å². The lowest BCUT2D eigenvalue weighted by atomic mass is 10.2. The molecule has 94 valence electrons. The maximum atomic E-state index is 11.2. The number of hydrogen-bond donors (Lipinski definition) is 1. The number of rotatable bonds is 5. The van der Waals surface area contributed by atoms with Crippen molar-refractivity contribution in [2.75, 3.05) is 18.5 Å². The van der Waals surface area contributed by atoms with Crippen LogP contribution in [0.15, 0.2) is 30.5 Å². The minimum atomic E-state index is -0.210. The zero-order chi connectivity index (χ0) is 12.8. The molecule has 1 heterocycles. The van der Waals surface area contributed by atoms with Gasteiger partial charge in [-0.2, -0.15) is 5.10 Å². The van der Waals surface area contributed by atoms with Crippen LogP contribution in [0.3, 0.4) is 0 Å². The predicted molar refractivity (Wildman–Crippen MR) is 69.3 cm³/mol. The molecule has 0 saturated carbocycles. The summed E-state index contributed by atoms with van der Waals surface area (Å²) in [6, 6.07) is 7.84. The molecule has 1 aromatic heterocycles. The average Bonchev–Trinajstić information content (AvgIpc) is 2.39. The highest BCUT2D eigenvalue weighted by atomic mass is 16.5. The molecular weight excluding hydrogens is 230 g/mol. The first-order valence-electron chi connectivity index (χ1n) is 5.91. The lowest BCUT2D eigenvalue weighted by molar-refractivity contribution is -0.142. The first-order valence-corrected chi connectivity index (χ1v) is 5.91. The van der Waals surface area contributed by atoms with Crippen molar-refractivity contribution in [2.24, 2.45) is 0 Å². The molecule has 0 aliphatic heterocycles. The Labute approximate surface area is 105 Å². The van der Waals surface area contributed by atoms with Gasteiger partial charge in [0.25, 0.3) is 0 Å². The second-order valence-electron chi connectivity index (χ2n) is 3.76. The number of fused-ring (bicyclic) bond motifs is 1. The van der Waals surface area contributed by atoms with Crippen molar-refractivity contribution in [2.45, 2.75) is 13.3 Å².